The van der Waals surface area contributed by atoms with Crippen molar-refractivity contribution in [2.24, 2.45) is 0 Å². The van der Waals surface area contributed by atoms with Gasteiger partial charge in [-0.05, 0) is 62.5 Å². The molecule has 1 atom stereocenters. The molecule has 0 fully saturated rings. The van der Waals surface area contributed by atoms with Gasteiger partial charge in [0.25, 0.3) is 8.32 Å². The first kappa shape index (κ1) is 21.3. The predicted molar refractivity (Wildman–Crippen MR) is 108 cm³/mol. The lowest BCUT2D eigenvalue weighted by molar-refractivity contribution is 0.211. The molecular formula is C20H33ClO2Si. The third kappa shape index (κ3) is 4.25. The van der Waals surface area contributed by atoms with Crippen LogP contribution < -0.4 is 4.43 Å². The summed E-state index contributed by atoms with van der Waals surface area (Å²) in [6.07, 6.45) is -0.116. The summed E-state index contributed by atoms with van der Waals surface area (Å²) >= 11 is 6.69. The molecule has 1 aromatic carbocycles. The maximum Gasteiger partial charge on any atom is 0.250 e. The fraction of sp³-hybridized carbons (Fsp3) is 0.600. The largest absolute Gasteiger partial charge is 0.542 e. The molecule has 0 aliphatic heterocycles. The van der Waals surface area contributed by atoms with Gasteiger partial charge in [0, 0.05) is 12.0 Å². The van der Waals surface area contributed by atoms with Gasteiger partial charge in [0.05, 0.1) is 11.1 Å². The molecule has 0 spiro atoms. The summed E-state index contributed by atoms with van der Waals surface area (Å²) in [6.45, 7) is 23.0. The summed E-state index contributed by atoms with van der Waals surface area (Å²) in [5.41, 5.74) is 5.11. The predicted octanol–water partition coefficient (Wildman–Crippen LogP) is 6.13. The molecule has 136 valence electrons. The van der Waals surface area contributed by atoms with Crippen molar-refractivity contribution in [1.29, 1.82) is 0 Å². The molecule has 24 heavy (non-hydrogen) atoms. The maximum atomic E-state index is 10.4. The van der Waals surface area contributed by atoms with Crippen LogP contribution in [0, 0.1) is 20.8 Å². The number of benzene rings is 1. The van der Waals surface area contributed by atoms with Crippen LogP contribution in [-0.4, -0.2) is 19.5 Å². The van der Waals surface area contributed by atoms with E-state index in [0.29, 0.717) is 11.4 Å². The fourth-order valence-corrected chi connectivity index (χ4v) is 3.67. The minimum Gasteiger partial charge on any atom is -0.542 e. The molecule has 0 saturated heterocycles. The van der Waals surface area contributed by atoms with Gasteiger partial charge in [-0.1, -0.05) is 44.5 Å². The molecule has 0 saturated carbocycles. The molecule has 1 aromatic rings. The Hall–Kier alpha value is -0.773. The van der Waals surface area contributed by atoms with E-state index < -0.39 is 14.4 Å². The van der Waals surface area contributed by atoms with Gasteiger partial charge in [0.15, 0.2) is 0 Å². The number of hydrogen-bond donors (Lipinski definition) is 1. The van der Waals surface area contributed by atoms with E-state index in [-0.39, 0.29) is 5.04 Å². The highest BCUT2D eigenvalue weighted by Gasteiger charge is 2.40. The number of aliphatic hydroxyl groups is 1. The van der Waals surface area contributed by atoms with E-state index in [2.05, 4.69) is 54.3 Å². The lowest BCUT2D eigenvalue weighted by atomic mass is 9.93. The Kier molecular flexibility index (Phi) is 6.40. The minimum atomic E-state index is -2.04. The SMILES string of the molecule is C=C(C)C(O)Cc1c(C)c(C)c(C)c(Cl)c1O[Si](C)(C)C(C)(C)C. The average molecular weight is 369 g/mol. The standard InChI is InChI=1S/C20H33ClO2Si/c1-12(2)17(22)11-16-14(4)13(3)15(5)18(21)19(16)23-24(9,10)20(6,7)8/h17,22H,1,11H2,2-10H3. The highest BCUT2D eigenvalue weighted by Crippen LogP contribution is 2.44. The smallest absolute Gasteiger partial charge is 0.250 e. The summed E-state index contributed by atoms with van der Waals surface area (Å²) in [6, 6.07) is 0. The number of halogens is 1. The average Bonchev–Trinajstić information content (AvgIpc) is 2.44. The highest BCUT2D eigenvalue weighted by molar-refractivity contribution is 6.74. The molecule has 0 radical (unpaired) electrons. The van der Waals surface area contributed by atoms with Crippen LogP contribution in [0.15, 0.2) is 12.2 Å². The number of aliphatic hydroxyl groups excluding tert-OH is 1. The van der Waals surface area contributed by atoms with E-state index in [4.69, 9.17) is 16.0 Å². The van der Waals surface area contributed by atoms with Crippen molar-refractivity contribution >= 4 is 19.9 Å². The fourth-order valence-electron chi connectivity index (χ4n) is 2.27. The molecule has 1 unspecified atom stereocenters. The topological polar surface area (TPSA) is 29.5 Å². The second-order valence-corrected chi connectivity index (χ2v) is 13.5. The van der Waals surface area contributed by atoms with Gasteiger partial charge in [0.1, 0.15) is 5.75 Å². The Balaban J connectivity index is 3.54. The third-order valence-corrected chi connectivity index (χ3v) is 10.3. The summed E-state index contributed by atoms with van der Waals surface area (Å²) in [5.74, 6) is 0.754. The number of rotatable bonds is 5. The van der Waals surface area contributed by atoms with Crippen LogP contribution in [0.3, 0.4) is 0 Å². The quantitative estimate of drug-likeness (QED) is 0.500. The van der Waals surface area contributed by atoms with Gasteiger partial charge in [0.2, 0.25) is 0 Å². The van der Waals surface area contributed by atoms with Gasteiger partial charge in [-0.2, -0.15) is 0 Å². The van der Waals surface area contributed by atoms with Crippen LogP contribution >= 0.6 is 11.6 Å². The molecule has 4 heteroatoms. The van der Waals surface area contributed by atoms with Crippen LogP contribution in [0.25, 0.3) is 0 Å². The third-order valence-electron chi connectivity index (χ3n) is 5.51. The van der Waals surface area contributed by atoms with Gasteiger partial charge in [-0.15, -0.1) is 0 Å². The zero-order chi connectivity index (χ0) is 19.0. The molecule has 2 nitrogen and oxygen atoms in total. The van der Waals surface area contributed by atoms with Crippen molar-refractivity contribution in [2.45, 2.75) is 79.1 Å². The second-order valence-electron chi connectivity index (χ2n) is 8.43. The normalized spacial score (nSPS) is 13.8. The molecule has 0 amide bonds. The summed E-state index contributed by atoms with van der Waals surface area (Å²) in [4.78, 5) is 0. The van der Waals surface area contributed by atoms with Gasteiger partial charge >= 0.3 is 0 Å². The van der Waals surface area contributed by atoms with Crippen LogP contribution in [0.4, 0.5) is 0 Å². The Labute approximate surface area is 154 Å². The van der Waals surface area contributed by atoms with E-state index in [1.54, 1.807) is 0 Å². The van der Waals surface area contributed by atoms with E-state index in [1.165, 1.54) is 0 Å². The highest BCUT2D eigenvalue weighted by atomic mass is 35.5. The monoisotopic (exact) mass is 368 g/mol. The Morgan fingerprint density at radius 1 is 1.17 bits per heavy atom. The lowest BCUT2D eigenvalue weighted by Gasteiger charge is -2.38. The summed E-state index contributed by atoms with van der Waals surface area (Å²) in [5, 5.41) is 11.1. The Bertz CT molecular complexity index is 642. The lowest BCUT2D eigenvalue weighted by Crippen LogP contribution is -2.44. The zero-order valence-electron chi connectivity index (χ0n) is 16.7. The molecule has 1 rings (SSSR count). The van der Waals surface area contributed by atoms with Crippen LogP contribution in [0.2, 0.25) is 23.2 Å². The summed E-state index contributed by atoms with van der Waals surface area (Å²) < 4.78 is 6.59. The van der Waals surface area contributed by atoms with E-state index in [1.807, 2.05) is 13.8 Å². The molecule has 0 heterocycles. The van der Waals surface area contributed by atoms with Crippen molar-refractivity contribution in [2.75, 3.05) is 0 Å². The molecule has 0 bridgehead atoms. The van der Waals surface area contributed by atoms with Gasteiger partial charge < -0.3 is 9.53 Å². The van der Waals surface area contributed by atoms with Gasteiger partial charge in [-0.25, -0.2) is 0 Å². The van der Waals surface area contributed by atoms with Crippen molar-refractivity contribution < 1.29 is 9.53 Å². The zero-order valence-corrected chi connectivity index (χ0v) is 18.5. The molecular weight excluding hydrogens is 336 g/mol. The van der Waals surface area contributed by atoms with E-state index in [9.17, 15) is 5.11 Å². The van der Waals surface area contributed by atoms with Crippen molar-refractivity contribution in [1.82, 2.24) is 0 Å². The number of hydrogen-bond acceptors (Lipinski definition) is 2. The molecule has 0 aliphatic rings. The van der Waals surface area contributed by atoms with Crippen LogP contribution in [0.5, 0.6) is 5.75 Å². The molecule has 1 N–H and O–H groups in total. The van der Waals surface area contributed by atoms with Crippen LogP contribution in [-0.2, 0) is 6.42 Å². The van der Waals surface area contributed by atoms with Crippen molar-refractivity contribution in [3.05, 3.63) is 39.4 Å². The van der Waals surface area contributed by atoms with E-state index in [0.717, 1.165) is 33.6 Å². The first-order valence-corrected chi connectivity index (χ1v) is 11.8. The van der Waals surface area contributed by atoms with E-state index >= 15 is 0 Å². The first-order chi connectivity index (χ1) is 10.7. The second kappa shape index (κ2) is 7.23. The minimum absolute atomic E-state index is 0.0767. The molecule has 0 aliphatic carbocycles. The van der Waals surface area contributed by atoms with Crippen molar-refractivity contribution in [3.63, 3.8) is 0 Å². The summed E-state index contributed by atoms with van der Waals surface area (Å²) in [7, 11) is -2.04. The Morgan fingerprint density at radius 2 is 1.67 bits per heavy atom. The van der Waals surface area contributed by atoms with Gasteiger partial charge in [-0.3, -0.25) is 0 Å². The Morgan fingerprint density at radius 3 is 2.08 bits per heavy atom. The molecule has 0 aromatic heterocycles. The first-order valence-electron chi connectivity index (χ1n) is 8.51. The maximum absolute atomic E-state index is 10.4. The van der Waals surface area contributed by atoms with Crippen molar-refractivity contribution in [3.8, 4) is 5.75 Å². The van der Waals surface area contributed by atoms with Crippen LogP contribution in [0.1, 0.15) is 49.9 Å².